The van der Waals surface area contributed by atoms with Gasteiger partial charge in [0.05, 0.1) is 10.7 Å². The summed E-state index contributed by atoms with van der Waals surface area (Å²) in [6, 6.07) is 5.46. The van der Waals surface area contributed by atoms with Crippen molar-refractivity contribution in [1.29, 1.82) is 0 Å². The SMILES string of the molecule is CC(C(N)=S)S(=O)(=O)Nc1ccccc1F. The highest BCUT2D eigenvalue weighted by Gasteiger charge is 2.23. The van der Waals surface area contributed by atoms with Gasteiger partial charge in [0.15, 0.2) is 0 Å². The van der Waals surface area contributed by atoms with Crippen molar-refractivity contribution < 1.29 is 12.8 Å². The van der Waals surface area contributed by atoms with Gasteiger partial charge < -0.3 is 5.73 Å². The van der Waals surface area contributed by atoms with Crippen LogP contribution >= 0.6 is 12.2 Å². The first-order valence-corrected chi connectivity index (χ1v) is 6.35. The Bertz CT molecular complexity index is 502. The van der Waals surface area contributed by atoms with Crippen LogP contribution in [0.2, 0.25) is 0 Å². The van der Waals surface area contributed by atoms with Crippen molar-refractivity contribution in [3.05, 3.63) is 30.1 Å². The highest BCUT2D eigenvalue weighted by atomic mass is 32.2. The minimum atomic E-state index is -3.79. The molecule has 0 aromatic heterocycles. The first-order chi connectivity index (χ1) is 7.34. The molecule has 3 N–H and O–H groups in total. The van der Waals surface area contributed by atoms with Gasteiger partial charge in [0, 0.05) is 0 Å². The number of hydrogen-bond donors (Lipinski definition) is 2. The van der Waals surface area contributed by atoms with Gasteiger partial charge in [-0.25, -0.2) is 12.8 Å². The van der Waals surface area contributed by atoms with Crippen LogP contribution in [0.4, 0.5) is 10.1 Å². The maximum atomic E-state index is 13.2. The van der Waals surface area contributed by atoms with E-state index in [1.165, 1.54) is 25.1 Å². The van der Waals surface area contributed by atoms with Gasteiger partial charge in [-0.1, -0.05) is 24.4 Å². The van der Waals surface area contributed by atoms with Crippen molar-refractivity contribution >= 4 is 32.9 Å². The average molecular weight is 262 g/mol. The van der Waals surface area contributed by atoms with E-state index in [1.807, 2.05) is 0 Å². The maximum absolute atomic E-state index is 13.2. The quantitative estimate of drug-likeness (QED) is 0.801. The van der Waals surface area contributed by atoms with Gasteiger partial charge in [0.25, 0.3) is 0 Å². The molecule has 1 aromatic rings. The molecule has 1 aromatic carbocycles. The van der Waals surface area contributed by atoms with E-state index in [2.05, 4.69) is 16.9 Å². The van der Waals surface area contributed by atoms with Gasteiger partial charge in [-0.2, -0.15) is 0 Å². The zero-order chi connectivity index (χ0) is 12.3. The fourth-order valence-electron chi connectivity index (χ4n) is 0.939. The van der Waals surface area contributed by atoms with Crippen LogP contribution in [0.25, 0.3) is 0 Å². The Labute approximate surface area is 98.7 Å². The Morgan fingerprint density at radius 1 is 1.50 bits per heavy atom. The molecule has 4 nitrogen and oxygen atoms in total. The van der Waals surface area contributed by atoms with Crippen molar-refractivity contribution in [1.82, 2.24) is 0 Å². The summed E-state index contributed by atoms with van der Waals surface area (Å²) in [4.78, 5) is -0.163. The van der Waals surface area contributed by atoms with Gasteiger partial charge in [0.2, 0.25) is 10.0 Å². The van der Waals surface area contributed by atoms with E-state index < -0.39 is 21.1 Å². The molecule has 0 radical (unpaired) electrons. The Hall–Kier alpha value is -1.21. The summed E-state index contributed by atoms with van der Waals surface area (Å²) in [7, 11) is -3.79. The van der Waals surface area contributed by atoms with Crippen molar-refractivity contribution in [3.63, 3.8) is 0 Å². The van der Waals surface area contributed by atoms with Gasteiger partial charge in [-0.05, 0) is 19.1 Å². The molecule has 0 aliphatic carbocycles. The third kappa shape index (κ3) is 2.89. The molecule has 1 atom stereocenters. The number of sulfonamides is 1. The second kappa shape index (κ2) is 4.75. The lowest BCUT2D eigenvalue weighted by Gasteiger charge is -2.13. The van der Waals surface area contributed by atoms with Gasteiger partial charge in [0.1, 0.15) is 11.1 Å². The minimum absolute atomic E-state index is 0.120. The lowest BCUT2D eigenvalue weighted by molar-refractivity contribution is 0.596. The zero-order valence-corrected chi connectivity index (χ0v) is 10.1. The minimum Gasteiger partial charge on any atom is -0.392 e. The van der Waals surface area contributed by atoms with Crippen molar-refractivity contribution in [2.75, 3.05) is 4.72 Å². The Kier molecular flexibility index (Phi) is 3.82. The van der Waals surface area contributed by atoms with Crippen LogP contribution in [-0.2, 0) is 10.0 Å². The summed E-state index contributed by atoms with van der Waals surface area (Å²) in [5.41, 5.74) is 5.11. The molecule has 0 aliphatic rings. The molecule has 0 saturated heterocycles. The predicted molar refractivity (Wildman–Crippen MR) is 65.2 cm³/mol. The van der Waals surface area contributed by atoms with Crippen LogP contribution in [0, 0.1) is 5.82 Å². The molecular formula is C9H11FN2O2S2. The number of hydrogen-bond acceptors (Lipinski definition) is 3. The molecule has 0 bridgehead atoms. The Morgan fingerprint density at radius 2 is 2.06 bits per heavy atom. The lowest BCUT2D eigenvalue weighted by atomic mass is 10.3. The number of para-hydroxylation sites is 1. The summed E-state index contributed by atoms with van der Waals surface area (Å²) in [6.45, 7) is 1.34. The second-order valence-corrected chi connectivity index (χ2v) is 5.64. The van der Waals surface area contributed by atoms with Gasteiger partial charge in [-0.3, -0.25) is 4.72 Å². The van der Waals surface area contributed by atoms with Crippen LogP contribution < -0.4 is 10.5 Å². The molecule has 0 saturated carbocycles. The van der Waals surface area contributed by atoms with Crippen molar-refractivity contribution in [3.8, 4) is 0 Å². The molecule has 0 aliphatic heterocycles. The topological polar surface area (TPSA) is 72.2 Å². The molecule has 1 rings (SSSR count). The summed E-state index contributed by atoms with van der Waals surface area (Å²) in [5.74, 6) is -0.652. The van der Waals surface area contributed by atoms with Crippen LogP contribution in [0.3, 0.4) is 0 Å². The summed E-state index contributed by atoms with van der Waals surface area (Å²) >= 11 is 4.58. The maximum Gasteiger partial charge on any atom is 0.241 e. The normalized spacial score (nSPS) is 13.1. The molecule has 16 heavy (non-hydrogen) atoms. The molecule has 0 fully saturated rings. The van der Waals surface area contributed by atoms with E-state index in [-0.39, 0.29) is 10.7 Å². The number of nitrogens with one attached hydrogen (secondary N) is 1. The van der Waals surface area contributed by atoms with Gasteiger partial charge >= 0.3 is 0 Å². The number of nitrogens with two attached hydrogens (primary N) is 1. The van der Waals surface area contributed by atoms with Crippen molar-refractivity contribution in [2.45, 2.75) is 12.2 Å². The number of halogens is 1. The lowest BCUT2D eigenvalue weighted by Crippen LogP contribution is -2.35. The van der Waals surface area contributed by atoms with Crippen LogP contribution in [0.1, 0.15) is 6.92 Å². The third-order valence-electron chi connectivity index (χ3n) is 1.99. The van der Waals surface area contributed by atoms with E-state index in [1.54, 1.807) is 0 Å². The molecule has 7 heteroatoms. The molecule has 88 valence electrons. The predicted octanol–water partition coefficient (Wildman–Crippen LogP) is 1.24. The molecule has 0 spiro atoms. The Balaban J connectivity index is 2.98. The monoisotopic (exact) mass is 262 g/mol. The second-order valence-electron chi connectivity index (χ2n) is 3.17. The van der Waals surface area contributed by atoms with Crippen LogP contribution in [0.5, 0.6) is 0 Å². The number of thiocarbonyl (C=S) groups is 1. The fourth-order valence-corrected chi connectivity index (χ4v) is 2.27. The largest absolute Gasteiger partial charge is 0.392 e. The first-order valence-electron chi connectivity index (χ1n) is 4.40. The van der Waals surface area contributed by atoms with E-state index in [9.17, 15) is 12.8 Å². The molecule has 0 heterocycles. The summed E-state index contributed by atoms with van der Waals surface area (Å²) < 4.78 is 38.6. The summed E-state index contributed by atoms with van der Waals surface area (Å²) in [5, 5.41) is -1.05. The molecule has 1 unspecified atom stereocenters. The van der Waals surface area contributed by atoms with Crippen LogP contribution in [0.15, 0.2) is 24.3 Å². The average Bonchev–Trinajstić information content (AvgIpc) is 2.20. The third-order valence-corrected chi connectivity index (χ3v) is 4.18. The number of anilines is 1. The molecule has 0 amide bonds. The van der Waals surface area contributed by atoms with E-state index >= 15 is 0 Å². The number of benzene rings is 1. The van der Waals surface area contributed by atoms with Crippen molar-refractivity contribution in [2.24, 2.45) is 5.73 Å². The zero-order valence-electron chi connectivity index (χ0n) is 8.48. The molecular weight excluding hydrogens is 251 g/mol. The highest BCUT2D eigenvalue weighted by molar-refractivity contribution is 7.95. The fraction of sp³-hybridized carbons (Fsp3) is 0.222. The standard InChI is InChI=1S/C9H11FN2O2S2/c1-6(9(11)15)16(13,14)12-8-5-3-2-4-7(8)10/h2-6,12H,1H3,(H2,11,15). The van der Waals surface area contributed by atoms with E-state index in [0.29, 0.717) is 0 Å². The summed E-state index contributed by atoms with van der Waals surface area (Å²) in [6.07, 6.45) is 0. The smallest absolute Gasteiger partial charge is 0.241 e. The Morgan fingerprint density at radius 3 is 2.56 bits per heavy atom. The van der Waals surface area contributed by atoms with E-state index in [4.69, 9.17) is 5.73 Å². The van der Waals surface area contributed by atoms with E-state index in [0.717, 1.165) is 6.07 Å². The van der Waals surface area contributed by atoms with Gasteiger partial charge in [-0.15, -0.1) is 0 Å². The number of rotatable bonds is 4. The van der Waals surface area contributed by atoms with Crippen LogP contribution in [-0.4, -0.2) is 18.7 Å². The first kappa shape index (κ1) is 12.9. The highest BCUT2D eigenvalue weighted by Crippen LogP contribution is 2.16.